The lowest BCUT2D eigenvalue weighted by molar-refractivity contribution is 0.393. The Balaban J connectivity index is 0.00000161. The molecule has 7 heteroatoms. The summed E-state index contributed by atoms with van der Waals surface area (Å²) in [7, 11) is -3.50. The highest BCUT2D eigenvalue weighted by molar-refractivity contribution is 7.89. The van der Waals surface area contributed by atoms with Crippen molar-refractivity contribution in [1.29, 1.82) is 0 Å². The predicted octanol–water partition coefficient (Wildman–Crippen LogP) is 1.77. The largest absolute Gasteiger partial charge is 0.329 e. The number of nitrogens with two attached hydrogens (primary N) is 1. The summed E-state index contributed by atoms with van der Waals surface area (Å²) in [6.07, 6.45) is 5.00. The minimum atomic E-state index is -3.50. The van der Waals surface area contributed by atoms with Gasteiger partial charge in [0.1, 0.15) is 0 Å². The van der Waals surface area contributed by atoms with Crippen LogP contribution in [-0.4, -0.2) is 36.8 Å². The van der Waals surface area contributed by atoms with Crippen molar-refractivity contribution in [2.75, 3.05) is 13.1 Å². The second-order valence-corrected chi connectivity index (χ2v) is 6.86. The Hall–Kier alpha value is -1.21. The minimum Gasteiger partial charge on any atom is -0.329 e. The van der Waals surface area contributed by atoms with Gasteiger partial charge in [0.05, 0.1) is 4.90 Å². The van der Waals surface area contributed by atoms with E-state index in [0.717, 1.165) is 18.2 Å². The molecule has 1 fully saturated rings. The number of rotatable bonds is 3. The molecule has 1 aliphatic heterocycles. The second kappa shape index (κ2) is 6.27. The fourth-order valence-electron chi connectivity index (χ4n) is 2.81. The lowest BCUT2D eigenvalue weighted by atomic mass is 10.2. The highest BCUT2D eigenvalue weighted by atomic mass is 35.5. The monoisotopic (exact) mass is 327 g/mol. The van der Waals surface area contributed by atoms with Crippen LogP contribution < -0.4 is 5.73 Å². The van der Waals surface area contributed by atoms with Crippen LogP contribution in [0.3, 0.4) is 0 Å². The standard InChI is InChI=1S/C14H17N3O2S.ClH/c15-9-12-4-2-8-17(12)20(18,19)14-5-1-3-11-10-16-7-6-13(11)14;/h1,3,5-7,10,12H,2,4,8-9,15H2;1H. The van der Waals surface area contributed by atoms with E-state index in [1.807, 2.05) is 6.07 Å². The van der Waals surface area contributed by atoms with Gasteiger partial charge in [-0.3, -0.25) is 4.98 Å². The van der Waals surface area contributed by atoms with Gasteiger partial charge in [0.2, 0.25) is 10.0 Å². The molecule has 1 saturated heterocycles. The lowest BCUT2D eigenvalue weighted by Gasteiger charge is -2.23. The van der Waals surface area contributed by atoms with Gasteiger partial charge in [-0.05, 0) is 25.0 Å². The van der Waals surface area contributed by atoms with Crippen LogP contribution in [-0.2, 0) is 10.0 Å². The molecule has 0 spiro atoms. The van der Waals surface area contributed by atoms with Gasteiger partial charge in [-0.2, -0.15) is 4.31 Å². The molecule has 0 amide bonds. The molecule has 1 aliphatic rings. The molecular formula is C14H18ClN3O2S. The molecular weight excluding hydrogens is 310 g/mol. The summed E-state index contributed by atoms with van der Waals surface area (Å²) in [5, 5.41) is 1.54. The summed E-state index contributed by atoms with van der Waals surface area (Å²) in [5.41, 5.74) is 5.70. The van der Waals surface area contributed by atoms with Crippen LogP contribution >= 0.6 is 12.4 Å². The van der Waals surface area contributed by atoms with Gasteiger partial charge in [-0.1, -0.05) is 12.1 Å². The van der Waals surface area contributed by atoms with Gasteiger partial charge >= 0.3 is 0 Å². The van der Waals surface area contributed by atoms with Crippen molar-refractivity contribution in [3.8, 4) is 0 Å². The minimum absolute atomic E-state index is 0. The zero-order valence-corrected chi connectivity index (χ0v) is 13.1. The molecule has 1 aromatic carbocycles. The van der Waals surface area contributed by atoms with Gasteiger partial charge in [-0.25, -0.2) is 8.42 Å². The van der Waals surface area contributed by atoms with E-state index in [9.17, 15) is 8.42 Å². The van der Waals surface area contributed by atoms with Gasteiger partial charge in [0, 0.05) is 42.3 Å². The third-order valence-electron chi connectivity index (χ3n) is 3.82. The van der Waals surface area contributed by atoms with Crippen LogP contribution in [0.4, 0.5) is 0 Å². The molecule has 0 radical (unpaired) electrons. The maximum Gasteiger partial charge on any atom is 0.243 e. The number of hydrogen-bond acceptors (Lipinski definition) is 4. The van der Waals surface area contributed by atoms with Crippen LogP contribution in [0.1, 0.15) is 12.8 Å². The van der Waals surface area contributed by atoms with Crippen molar-refractivity contribution in [1.82, 2.24) is 9.29 Å². The molecule has 21 heavy (non-hydrogen) atoms. The molecule has 5 nitrogen and oxygen atoms in total. The van der Waals surface area contributed by atoms with Crippen LogP contribution in [0.25, 0.3) is 10.8 Å². The molecule has 1 unspecified atom stereocenters. The quantitative estimate of drug-likeness (QED) is 0.932. The topological polar surface area (TPSA) is 76.3 Å². The molecule has 1 atom stereocenters. The summed E-state index contributed by atoms with van der Waals surface area (Å²) < 4.78 is 27.3. The Labute approximate surface area is 130 Å². The van der Waals surface area contributed by atoms with Crippen molar-refractivity contribution >= 4 is 33.2 Å². The average molecular weight is 328 g/mol. The number of halogens is 1. The molecule has 0 saturated carbocycles. The Morgan fingerprint density at radius 3 is 2.90 bits per heavy atom. The van der Waals surface area contributed by atoms with Crippen molar-refractivity contribution in [3.63, 3.8) is 0 Å². The van der Waals surface area contributed by atoms with Gasteiger partial charge < -0.3 is 5.73 Å². The van der Waals surface area contributed by atoms with Crippen LogP contribution in [0.15, 0.2) is 41.6 Å². The third kappa shape index (κ3) is 2.76. The highest BCUT2D eigenvalue weighted by Crippen LogP contribution is 2.29. The lowest BCUT2D eigenvalue weighted by Crippen LogP contribution is -2.39. The number of aromatic nitrogens is 1. The fraction of sp³-hybridized carbons (Fsp3) is 0.357. The van der Waals surface area contributed by atoms with E-state index >= 15 is 0 Å². The van der Waals surface area contributed by atoms with E-state index in [1.165, 1.54) is 0 Å². The molecule has 0 bridgehead atoms. The van der Waals surface area contributed by atoms with Gasteiger partial charge in [0.15, 0.2) is 0 Å². The van der Waals surface area contributed by atoms with Crippen molar-refractivity contribution in [2.24, 2.45) is 5.73 Å². The Morgan fingerprint density at radius 1 is 1.33 bits per heavy atom. The number of fused-ring (bicyclic) bond motifs is 1. The van der Waals surface area contributed by atoms with Gasteiger partial charge in [0.25, 0.3) is 0 Å². The molecule has 2 heterocycles. The Bertz CT molecular complexity index is 731. The van der Waals surface area contributed by atoms with E-state index in [-0.39, 0.29) is 18.4 Å². The Kier molecular flexibility index (Phi) is 4.83. The summed E-state index contributed by atoms with van der Waals surface area (Å²) in [5.74, 6) is 0. The number of benzene rings is 1. The maximum atomic E-state index is 12.9. The first-order valence-electron chi connectivity index (χ1n) is 6.69. The number of sulfonamides is 1. The normalized spacial score (nSPS) is 19.6. The summed E-state index contributed by atoms with van der Waals surface area (Å²) in [4.78, 5) is 4.38. The average Bonchev–Trinajstić information content (AvgIpc) is 2.96. The first kappa shape index (κ1) is 16.2. The summed E-state index contributed by atoms with van der Waals surface area (Å²) in [6.45, 7) is 0.914. The first-order valence-corrected chi connectivity index (χ1v) is 8.13. The van der Waals surface area contributed by atoms with Gasteiger partial charge in [-0.15, -0.1) is 12.4 Å². The third-order valence-corrected chi connectivity index (χ3v) is 5.83. The van der Waals surface area contributed by atoms with Crippen LogP contribution in [0.5, 0.6) is 0 Å². The molecule has 1 aromatic heterocycles. The summed E-state index contributed by atoms with van der Waals surface area (Å²) in [6, 6.07) is 6.94. The highest BCUT2D eigenvalue weighted by Gasteiger charge is 2.35. The zero-order chi connectivity index (χ0) is 14.2. The van der Waals surface area contributed by atoms with Crippen molar-refractivity contribution in [3.05, 3.63) is 36.7 Å². The SMILES string of the molecule is Cl.NCC1CCCN1S(=O)(=O)c1cccc2cnccc12. The number of hydrogen-bond donors (Lipinski definition) is 1. The number of pyridine rings is 1. The summed E-state index contributed by atoms with van der Waals surface area (Å²) >= 11 is 0. The molecule has 3 rings (SSSR count). The van der Waals surface area contributed by atoms with E-state index < -0.39 is 10.0 Å². The first-order chi connectivity index (χ1) is 9.64. The van der Waals surface area contributed by atoms with Crippen LogP contribution in [0, 0.1) is 0 Å². The molecule has 2 aromatic rings. The molecule has 114 valence electrons. The van der Waals surface area contributed by atoms with Crippen LogP contribution in [0.2, 0.25) is 0 Å². The van der Waals surface area contributed by atoms with E-state index in [4.69, 9.17) is 5.73 Å². The van der Waals surface area contributed by atoms with E-state index in [0.29, 0.717) is 23.4 Å². The van der Waals surface area contributed by atoms with Crippen molar-refractivity contribution in [2.45, 2.75) is 23.8 Å². The molecule has 2 N–H and O–H groups in total. The van der Waals surface area contributed by atoms with Crippen molar-refractivity contribution < 1.29 is 8.42 Å². The number of nitrogens with zero attached hydrogens (tertiary/aromatic N) is 2. The zero-order valence-electron chi connectivity index (χ0n) is 11.5. The smallest absolute Gasteiger partial charge is 0.243 e. The fourth-order valence-corrected chi connectivity index (χ4v) is 4.73. The Morgan fingerprint density at radius 2 is 2.14 bits per heavy atom. The predicted molar refractivity (Wildman–Crippen MR) is 85.0 cm³/mol. The molecule has 0 aliphatic carbocycles. The van der Waals surface area contributed by atoms with E-state index in [1.54, 1.807) is 34.9 Å². The second-order valence-electron chi connectivity index (χ2n) is 5.00. The maximum absolute atomic E-state index is 12.9. The van der Waals surface area contributed by atoms with E-state index in [2.05, 4.69) is 4.98 Å².